The van der Waals surface area contributed by atoms with Gasteiger partial charge in [-0.1, -0.05) is 30.3 Å². The van der Waals surface area contributed by atoms with Gasteiger partial charge in [-0.25, -0.2) is 0 Å². The Morgan fingerprint density at radius 1 is 1.18 bits per heavy atom. The fraction of sp³-hybridized carbons (Fsp3) is 0.333. The second kappa shape index (κ2) is 8.20. The molecule has 22 heavy (non-hydrogen) atoms. The van der Waals surface area contributed by atoms with E-state index < -0.39 is 0 Å². The lowest BCUT2D eigenvalue weighted by atomic mass is 10.1. The summed E-state index contributed by atoms with van der Waals surface area (Å²) in [7, 11) is 1.66. The number of benzene rings is 2. The minimum atomic E-state index is 0.414. The van der Waals surface area contributed by atoms with Crippen molar-refractivity contribution in [3.8, 4) is 11.5 Å². The van der Waals surface area contributed by atoms with Crippen molar-refractivity contribution in [2.75, 3.05) is 13.7 Å². The first kappa shape index (κ1) is 16.8. The van der Waals surface area contributed by atoms with E-state index in [9.17, 15) is 0 Å². The van der Waals surface area contributed by atoms with Crippen LogP contribution in [0.4, 0.5) is 0 Å². The molecule has 0 aliphatic heterocycles. The van der Waals surface area contributed by atoms with Gasteiger partial charge in [-0.05, 0) is 41.9 Å². The number of halogens is 1. The first-order valence-corrected chi connectivity index (χ1v) is 8.32. The first-order valence-electron chi connectivity index (χ1n) is 7.53. The van der Waals surface area contributed by atoms with Gasteiger partial charge in [0.05, 0.1) is 18.2 Å². The van der Waals surface area contributed by atoms with Gasteiger partial charge in [0.15, 0.2) is 11.5 Å². The van der Waals surface area contributed by atoms with Gasteiger partial charge in [0.25, 0.3) is 0 Å². The third kappa shape index (κ3) is 4.24. The van der Waals surface area contributed by atoms with Crippen LogP contribution in [-0.2, 0) is 6.54 Å². The van der Waals surface area contributed by atoms with Crippen LogP contribution in [0.3, 0.4) is 0 Å². The van der Waals surface area contributed by atoms with Crippen molar-refractivity contribution in [3.63, 3.8) is 0 Å². The van der Waals surface area contributed by atoms with Gasteiger partial charge in [0.2, 0.25) is 0 Å². The summed E-state index contributed by atoms with van der Waals surface area (Å²) >= 11 is 3.56. The zero-order valence-electron chi connectivity index (χ0n) is 13.3. The maximum Gasteiger partial charge on any atom is 0.174 e. The van der Waals surface area contributed by atoms with Crippen LogP contribution in [0, 0.1) is 0 Å². The van der Waals surface area contributed by atoms with E-state index in [0.717, 1.165) is 22.5 Å². The molecule has 4 heteroatoms. The Bertz CT molecular complexity index is 602. The summed E-state index contributed by atoms with van der Waals surface area (Å²) in [5, 5.41) is 2.32. The molecule has 0 bridgehead atoms. The van der Waals surface area contributed by atoms with E-state index in [4.69, 9.17) is 9.47 Å². The zero-order chi connectivity index (χ0) is 15.9. The maximum absolute atomic E-state index is 5.67. The number of rotatable bonds is 7. The molecule has 1 atom stereocenters. The summed E-state index contributed by atoms with van der Waals surface area (Å²) in [6.45, 7) is 5.70. The summed E-state index contributed by atoms with van der Waals surface area (Å²) < 4.78 is 12.0. The molecule has 0 saturated heterocycles. The number of hydrogen-bond donors (Lipinski definition) is 1. The molecule has 118 valence electrons. The van der Waals surface area contributed by atoms with Gasteiger partial charge < -0.3 is 14.8 Å². The lowest BCUT2D eigenvalue weighted by Gasteiger charge is -2.14. The van der Waals surface area contributed by atoms with E-state index in [1.165, 1.54) is 11.1 Å². The molecule has 0 spiro atoms. The Morgan fingerprint density at radius 2 is 1.91 bits per heavy atom. The molecule has 0 aliphatic rings. The van der Waals surface area contributed by atoms with Gasteiger partial charge in [-0.15, -0.1) is 0 Å². The quantitative estimate of drug-likeness (QED) is 0.813. The fourth-order valence-corrected chi connectivity index (χ4v) is 3.06. The molecule has 2 aromatic rings. The largest absolute Gasteiger partial charge is 0.492 e. The predicted octanol–water partition coefficient (Wildman–Crippen LogP) is 3.68. The van der Waals surface area contributed by atoms with Gasteiger partial charge in [0, 0.05) is 11.1 Å². The van der Waals surface area contributed by atoms with Crippen LogP contribution in [0.2, 0.25) is 0 Å². The average Bonchev–Trinajstić information content (AvgIpc) is 2.53. The van der Waals surface area contributed by atoms with E-state index in [2.05, 4.69) is 64.6 Å². The van der Waals surface area contributed by atoms with Crippen molar-refractivity contribution in [2.24, 2.45) is 0 Å². The van der Waals surface area contributed by atoms with E-state index >= 15 is 0 Å². The summed E-state index contributed by atoms with van der Waals surface area (Å²) in [5.41, 5.74) is 2.54. The van der Waals surface area contributed by atoms with Gasteiger partial charge in [0.1, 0.15) is 12.6 Å². The Kier molecular flexibility index (Phi) is 6.28. The number of hydrogen-bond acceptors (Lipinski definition) is 2. The van der Waals surface area contributed by atoms with Crippen LogP contribution >= 0.6 is 15.9 Å². The number of nitrogens with two attached hydrogens (primary N) is 1. The van der Waals surface area contributed by atoms with Gasteiger partial charge in [-0.2, -0.15) is 0 Å². The van der Waals surface area contributed by atoms with Crippen molar-refractivity contribution in [1.82, 2.24) is 0 Å². The highest BCUT2D eigenvalue weighted by atomic mass is 79.9. The second-order valence-corrected chi connectivity index (χ2v) is 6.04. The molecule has 0 saturated carbocycles. The van der Waals surface area contributed by atoms with Crippen molar-refractivity contribution >= 4 is 15.9 Å². The molecule has 3 nitrogen and oxygen atoms in total. The number of methoxy groups -OCH3 is 1. The highest BCUT2D eigenvalue weighted by Gasteiger charge is 2.13. The molecule has 2 N–H and O–H groups in total. The smallest absolute Gasteiger partial charge is 0.174 e. The molecule has 0 amide bonds. The normalized spacial score (nSPS) is 12.0. The zero-order valence-corrected chi connectivity index (χ0v) is 14.9. The average molecular weight is 365 g/mol. The highest BCUT2D eigenvalue weighted by molar-refractivity contribution is 9.10. The number of ether oxygens (including phenoxy) is 2. The van der Waals surface area contributed by atoms with Crippen molar-refractivity contribution < 1.29 is 14.8 Å². The molecule has 0 aliphatic carbocycles. The Balaban J connectivity index is 2.09. The lowest BCUT2D eigenvalue weighted by Crippen LogP contribution is -2.83. The molecule has 2 rings (SSSR count). The van der Waals surface area contributed by atoms with Crippen molar-refractivity contribution in [3.05, 3.63) is 58.1 Å². The van der Waals surface area contributed by atoms with E-state index in [1.807, 2.05) is 13.0 Å². The predicted molar refractivity (Wildman–Crippen MR) is 92.3 cm³/mol. The summed E-state index contributed by atoms with van der Waals surface area (Å²) in [5.74, 6) is 1.54. The SMILES string of the molecule is CCOc1cc(C[NH2+][C@@H](C)c2ccccc2)cc(Br)c1OC. The van der Waals surface area contributed by atoms with Crippen LogP contribution in [0.1, 0.15) is 31.0 Å². The molecule has 0 fully saturated rings. The van der Waals surface area contributed by atoms with Crippen molar-refractivity contribution in [2.45, 2.75) is 26.4 Å². The van der Waals surface area contributed by atoms with Gasteiger partial charge >= 0.3 is 0 Å². The standard InChI is InChI=1S/C18H22BrNO2/c1-4-22-17-11-14(10-16(19)18(17)21-3)12-20-13(2)15-8-6-5-7-9-15/h5-11,13,20H,4,12H2,1-3H3/p+1/t13-/m0/s1. The van der Waals surface area contributed by atoms with Gasteiger partial charge in [-0.3, -0.25) is 0 Å². The molecule has 2 aromatic carbocycles. The minimum Gasteiger partial charge on any atom is -0.492 e. The van der Waals surface area contributed by atoms with E-state index in [-0.39, 0.29) is 0 Å². The Morgan fingerprint density at radius 3 is 2.55 bits per heavy atom. The third-order valence-corrected chi connectivity index (χ3v) is 4.19. The van der Waals surface area contributed by atoms with Crippen LogP contribution < -0.4 is 14.8 Å². The Labute approximate surface area is 140 Å². The monoisotopic (exact) mass is 364 g/mol. The highest BCUT2D eigenvalue weighted by Crippen LogP contribution is 2.36. The molecule has 0 unspecified atom stereocenters. The lowest BCUT2D eigenvalue weighted by molar-refractivity contribution is -0.707. The van der Waals surface area contributed by atoms with E-state index in [1.54, 1.807) is 7.11 Å². The van der Waals surface area contributed by atoms with Crippen LogP contribution in [-0.4, -0.2) is 13.7 Å². The third-order valence-electron chi connectivity index (χ3n) is 3.61. The topological polar surface area (TPSA) is 35.1 Å². The maximum atomic E-state index is 5.67. The Hall–Kier alpha value is -1.52. The molecular formula is C18H23BrNO2+. The molecule has 0 heterocycles. The summed E-state index contributed by atoms with van der Waals surface area (Å²) in [6, 6.07) is 15.1. The van der Waals surface area contributed by atoms with Crippen LogP contribution in [0.25, 0.3) is 0 Å². The van der Waals surface area contributed by atoms with Crippen LogP contribution in [0.5, 0.6) is 11.5 Å². The first-order chi connectivity index (χ1) is 10.7. The minimum absolute atomic E-state index is 0.414. The fourth-order valence-electron chi connectivity index (χ4n) is 2.41. The summed E-state index contributed by atoms with van der Waals surface area (Å²) in [4.78, 5) is 0. The number of quaternary nitrogens is 1. The molecular weight excluding hydrogens is 342 g/mol. The van der Waals surface area contributed by atoms with Crippen molar-refractivity contribution in [1.29, 1.82) is 0 Å². The molecule has 0 aromatic heterocycles. The second-order valence-electron chi connectivity index (χ2n) is 5.18. The van der Waals surface area contributed by atoms with Crippen LogP contribution in [0.15, 0.2) is 46.9 Å². The summed E-state index contributed by atoms with van der Waals surface area (Å²) in [6.07, 6.45) is 0. The van der Waals surface area contributed by atoms with E-state index in [0.29, 0.717) is 12.6 Å². The molecule has 0 radical (unpaired) electrons.